The number of carboxylic acids is 1. The first-order valence-electron chi connectivity index (χ1n) is 16.1. The Morgan fingerprint density at radius 2 is 1.35 bits per heavy atom. The lowest BCUT2D eigenvalue weighted by Gasteiger charge is -2.21. The third-order valence-electron chi connectivity index (χ3n) is 9.80. The second-order valence-corrected chi connectivity index (χ2v) is 13.5. The third kappa shape index (κ3) is 6.56. The number of phenols is 1. The quantitative estimate of drug-likeness (QED) is 0.177. The standard InChI is InChI=1S/C39H37BrO11/c1-16-14-27(17(2)18(3)29(16)38(46)50-34-21(6)19(4)30(36(43)44)24-10-9-11-25(24)34)49-39(47)31-20(5)22(7)35(32(40)33(31)42)51-37(45)26-13-12-23(41)15-28(26)48-8/h12-15,26,42H,9-11H2,1-8H3,(H,43,44). The van der Waals surface area contributed by atoms with Crippen LogP contribution >= 0.6 is 15.9 Å². The molecule has 0 fully saturated rings. The number of halogens is 1. The Morgan fingerprint density at radius 1 is 0.765 bits per heavy atom. The third-order valence-corrected chi connectivity index (χ3v) is 10.5. The molecule has 12 heteroatoms. The van der Waals surface area contributed by atoms with Gasteiger partial charge in [0.25, 0.3) is 0 Å². The molecule has 1 unspecified atom stereocenters. The number of ether oxygens (including phenoxy) is 4. The van der Waals surface area contributed by atoms with Crippen molar-refractivity contribution in [1.29, 1.82) is 0 Å². The summed E-state index contributed by atoms with van der Waals surface area (Å²) in [5.41, 5.74) is 5.10. The molecule has 5 rings (SSSR count). The van der Waals surface area contributed by atoms with Gasteiger partial charge in [-0.25, -0.2) is 14.4 Å². The number of allylic oxidation sites excluding steroid dienone is 2. The van der Waals surface area contributed by atoms with Gasteiger partial charge in [0.1, 0.15) is 39.0 Å². The molecule has 0 aliphatic heterocycles. The fourth-order valence-electron chi connectivity index (χ4n) is 6.67. The maximum Gasteiger partial charge on any atom is 0.347 e. The van der Waals surface area contributed by atoms with Crippen LogP contribution in [0.15, 0.2) is 34.5 Å². The number of phenolic OH excluding ortho intramolecular Hbond substituents is 1. The highest BCUT2D eigenvalue weighted by atomic mass is 79.9. The van der Waals surface area contributed by atoms with Crippen molar-refractivity contribution >= 4 is 45.6 Å². The highest BCUT2D eigenvalue weighted by Crippen LogP contribution is 2.44. The van der Waals surface area contributed by atoms with E-state index in [1.807, 2.05) is 0 Å². The van der Waals surface area contributed by atoms with E-state index in [-0.39, 0.29) is 44.2 Å². The zero-order chi connectivity index (χ0) is 37.6. The second-order valence-electron chi connectivity index (χ2n) is 12.7. The number of aromatic hydroxyl groups is 1. The second kappa shape index (κ2) is 14.2. The van der Waals surface area contributed by atoms with E-state index in [9.17, 15) is 34.2 Å². The van der Waals surface area contributed by atoms with E-state index in [1.54, 1.807) is 54.5 Å². The Balaban J connectivity index is 1.42. The SMILES string of the molecule is COC1=CC(=O)C=CC1C(=O)Oc1c(C)c(C)c(C(=O)Oc2cc(C)c(C(=O)Oc3c(C)c(C)c(C(=O)O)c4c3CCC4)c(C)c2C)c(O)c1Br. The van der Waals surface area contributed by atoms with Gasteiger partial charge in [0, 0.05) is 6.08 Å². The van der Waals surface area contributed by atoms with Crippen LogP contribution in [0.5, 0.6) is 23.0 Å². The summed E-state index contributed by atoms with van der Waals surface area (Å²) >= 11 is 3.26. The van der Waals surface area contributed by atoms with Crippen LogP contribution in [0.4, 0.5) is 0 Å². The molecule has 3 aromatic carbocycles. The number of carbonyl (C=O) groups excluding carboxylic acids is 4. The molecular formula is C39H37BrO11. The average Bonchev–Trinajstić information content (AvgIpc) is 3.55. The first-order chi connectivity index (χ1) is 24.0. The van der Waals surface area contributed by atoms with Gasteiger partial charge < -0.3 is 29.2 Å². The van der Waals surface area contributed by atoms with Crippen LogP contribution in [-0.2, 0) is 27.2 Å². The molecule has 0 bridgehead atoms. The van der Waals surface area contributed by atoms with Crippen LogP contribution in [0.25, 0.3) is 0 Å². The minimum atomic E-state index is -1.00. The van der Waals surface area contributed by atoms with Crippen molar-refractivity contribution in [3.8, 4) is 23.0 Å². The summed E-state index contributed by atoms with van der Waals surface area (Å²) in [5.74, 6) is -4.50. The monoisotopic (exact) mass is 760 g/mol. The lowest BCUT2D eigenvalue weighted by molar-refractivity contribution is -0.137. The molecule has 11 nitrogen and oxygen atoms in total. The summed E-state index contributed by atoms with van der Waals surface area (Å²) in [4.78, 5) is 64.2. The molecule has 2 aliphatic rings. The number of aromatic carboxylic acids is 1. The minimum Gasteiger partial charge on any atom is -0.506 e. The van der Waals surface area contributed by atoms with Crippen LogP contribution in [0, 0.1) is 54.4 Å². The molecule has 0 radical (unpaired) electrons. The largest absolute Gasteiger partial charge is 0.506 e. The molecule has 0 amide bonds. The number of rotatable bonds is 8. The Hall–Kier alpha value is -5.23. The van der Waals surface area contributed by atoms with Gasteiger partial charge >= 0.3 is 23.9 Å². The van der Waals surface area contributed by atoms with E-state index in [4.69, 9.17) is 18.9 Å². The Kier molecular flexibility index (Phi) is 10.3. The van der Waals surface area contributed by atoms with Crippen LogP contribution in [0.1, 0.15) is 87.6 Å². The zero-order valence-corrected chi connectivity index (χ0v) is 31.0. The van der Waals surface area contributed by atoms with Crippen molar-refractivity contribution in [2.45, 2.75) is 67.7 Å². The number of hydrogen-bond donors (Lipinski definition) is 2. The van der Waals surface area contributed by atoms with Crippen molar-refractivity contribution in [1.82, 2.24) is 0 Å². The van der Waals surface area contributed by atoms with Gasteiger partial charge in [0.2, 0.25) is 0 Å². The summed E-state index contributed by atoms with van der Waals surface area (Å²) in [6.07, 6.45) is 5.72. The predicted octanol–water partition coefficient (Wildman–Crippen LogP) is 7.13. The number of methoxy groups -OCH3 is 1. The summed E-state index contributed by atoms with van der Waals surface area (Å²) in [6, 6.07) is 1.54. The van der Waals surface area contributed by atoms with Gasteiger partial charge in [-0.1, -0.05) is 6.08 Å². The van der Waals surface area contributed by atoms with E-state index in [1.165, 1.54) is 25.3 Å². The van der Waals surface area contributed by atoms with Gasteiger partial charge in [-0.2, -0.15) is 0 Å². The molecule has 51 heavy (non-hydrogen) atoms. The van der Waals surface area contributed by atoms with Gasteiger partial charge in [-0.15, -0.1) is 0 Å². The van der Waals surface area contributed by atoms with Crippen molar-refractivity contribution < 1.29 is 53.1 Å². The molecule has 2 aliphatic carbocycles. The molecule has 2 N–H and O–H groups in total. The van der Waals surface area contributed by atoms with E-state index >= 15 is 0 Å². The summed E-state index contributed by atoms with van der Waals surface area (Å²) in [6.45, 7) is 11.7. The predicted molar refractivity (Wildman–Crippen MR) is 189 cm³/mol. The van der Waals surface area contributed by atoms with Crippen molar-refractivity contribution in [3.05, 3.63) is 101 Å². The molecule has 1 atom stereocenters. The van der Waals surface area contributed by atoms with Gasteiger partial charge in [0.05, 0.1) is 18.2 Å². The van der Waals surface area contributed by atoms with Crippen LogP contribution < -0.4 is 14.2 Å². The minimum absolute atomic E-state index is 0.0216. The Labute approximate surface area is 303 Å². The van der Waals surface area contributed by atoms with Crippen LogP contribution in [0.3, 0.4) is 0 Å². The van der Waals surface area contributed by atoms with Gasteiger partial charge in [-0.3, -0.25) is 9.59 Å². The number of hydrogen-bond acceptors (Lipinski definition) is 10. The van der Waals surface area contributed by atoms with E-state index in [0.29, 0.717) is 63.1 Å². The fraction of sp³-hybridized carbons (Fsp3) is 0.308. The number of carboxylic acid groups (broad SMARTS) is 1. The molecule has 0 aromatic heterocycles. The highest BCUT2D eigenvalue weighted by Gasteiger charge is 2.33. The fourth-order valence-corrected chi connectivity index (χ4v) is 7.24. The Morgan fingerprint density at radius 3 is 2.00 bits per heavy atom. The van der Waals surface area contributed by atoms with E-state index < -0.39 is 35.5 Å². The number of esters is 3. The first-order valence-corrected chi connectivity index (χ1v) is 16.9. The van der Waals surface area contributed by atoms with Crippen LogP contribution in [-0.4, -0.2) is 47.0 Å². The van der Waals surface area contributed by atoms with Crippen molar-refractivity contribution in [2.75, 3.05) is 7.11 Å². The number of carbonyl (C=O) groups is 5. The molecule has 0 heterocycles. The van der Waals surface area contributed by atoms with Gasteiger partial charge in [-0.05, 0) is 146 Å². The molecule has 266 valence electrons. The molecule has 0 spiro atoms. The number of fused-ring (bicyclic) bond motifs is 1. The lowest BCUT2D eigenvalue weighted by Crippen LogP contribution is -2.25. The highest BCUT2D eigenvalue weighted by molar-refractivity contribution is 9.10. The smallest absolute Gasteiger partial charge is 0.347 e. The molecular weight excluding hydrogens is 724 g/mol. The molecule has 0 saturated carbocycles. The van der Waals surface area contributed by atoms with E-state index in [2.05, 4.69) is 15.9 Å². The number of ketones is 1. The first kappa shape index (κ1) is 37.0. The van der Waals surface area contributed by atoms with Crippen LogP contribution in [0.2, 0.25) is 0 Å². The summed E-state index contributed by atoms with van der Waals surface area (Å²) in [7, 11) is 1.33. The summed E-state index contributed by atoms with van der Waals surface area (Å²) in [5, 5.41) is 21.0. The number of benzene rings is 3. The Bertz CT molecular complexity index is 2110. The zero-order valence-electron chi connectivity index (χ0n) is 29.5. The average molecular weight is 762 g/mol. The maximum absolute atomic E-state index is 13.7. The summed E-state index contributed by atoms with van der Waals surface area (Å²) < 4.78 is 22.6. The van der Waals surface area contributed by atoms with Crippen molar-refractivity contribution in [2.24, 2.45) is 5.92 Å². The number of aryl methyl sites for hydroxylation is 1. The molecule has 3 aromatic rings. The van der Waals surface area contributed by atoms with Crippen molar-refractivity contribution in [3.63, 3.8) is 0 Å². The maximum atomic E-state index is 13.7. The molecule has 0 saturated heterocycles. The topological polar surface area (TPSA) is 163 Å². The van der Waals surface area contributed by atoms with E-state index in [0.717, 1.165) is 12.0 Å². The lowest BCUT2D eigenvalue weighted by atomic mass is 9.92. The normalized spacial score (nSPS) is 14.9. The van der Waals surface area contributed by atoms with Gasteiger partial charge in [0.15, 0.2) is 11.5 Å².